The molecule has 0 spiro atoms. The zero-order valence-electron chi connectivity index (χ0n) is 21.4. The van der Waals surface area contributed by atoms with Crippen LogP contribution < -0.4 is 20.3 Å². The molecule has 1 N–H and O–H groups in total. The molecule has 37 heavy (non-hydrogen) atoms. The highest BCUT2D eigenvalue weighted by Gasteiger charge is 2.27. The second-order valence-electron chi connectivity index (χ2n) is 8.55. The molecule has 9 heteroatoms. The molecule has 3 aromatic carbocycles. The summed E-state index contributed by atoms with van der Waals surface area (Å²) in [6, 6.07) is 17.4. The lowest BCUT2D eigenvalue weighted by molar-refractivity contribution is 0.193. The number of hydrogen-bond acceptors (Lipinski definition) is 5. The van der Waals surface area contributed by atoms with E-state index in [0.29, 0.717) is 50.6 Å². The van der Waals surface area contributed by atoms with Gasteiger partial charge in [0.05, 0.1) is 41.3 Å². The molecule has 0 aliphatic heterocycles. The summed E-state index contributed by atoms with van der Waals surface area (Å²) in [5, 5.41) is 3.41. The Kier molecular flexibility index (Phi) is 7.83. The lowest BCUT2D eigenvalue weighted by Gasteiger charge is -2.30. The highest BCUT2D eigenvalue weighted by atomic mass is 79.9. The van der Waals surface area contributed by atoms with Gasteiger partial charge < -0.3 is 19.7 Å². The largest absolute Gasteiger partial charge is 0.497 e. The number of methoxy groups -OCH3 is 2. The summed E-state index contributed by atoms with van der Waals surface area (Å²) < 4.78 is 13.1. The average Bonchev–Trinajstić information content (AvgIpc) is 2.90. The van der Waals surface area contributed by atoms with Gasteiger partial charge in [0.2, 0.25) is 0 Å². The molecule has 192 valence electrons. The zero-order valence-corrected chi connectivity index (χ0v) is 23.0. The summed E-state index contributed by atoms with van der Waals surface area (Å²) in [4.78, 5) is 33.8. The number of amides is 2. The van der Waals surface area contributed by atoms with Crippen molar-refractivity contribution >= 4 is 38.6 Å². The number of para-hydroxylation sites is 1. The predicted octanol–water partition coefficient (Wildman–Crippen LogP) is 6.09. The van der Waals surface area contributed by atoms with E-state index in [4.69, 9.17) is 14.5 Å². The van der Waals surface area contributed by atoms with Gasteiger partial charge in [-0.25, -0.2) is 9.78 Å². The van der Waals surface area contributed by atoms with Crippen LogP contribution in [0.3, 0.4) is 0 Å². The van der Waals surface area contributed by atoms with Crippen molar-refractivity contribution in [2.75, 3.05) is 26.1 Å². The quantitative estimate of drug-likeness (QED) is 0.293. The van der Waals surface area contributed by atoms with Gasteiger partial charge in [0.25, 0.3) is 5.56 Å². The van der Waals surface area contributed by atoms with E-state index in [0.717, 1.165) is 5.56 Å². The van der Waals surface area contributed by atoms with Crippen LogP contribution in [-0.2, 0) is 0 Å². The maximum Gasteiger partial charge on any atom is 0.322 e. The van der Waals surface area contributed by atoms with E-state index >= 15 is 0 Å². The summed E-state index contributed by atoms with van der Waals surface area (Å²) in [6.07, 6.45) is 0. The first-order valence-corrected chi connectivity index (χ1v) is 12.7. The fourth-order valence-electron chi connectivity index (χ4n) is 4.22. The molecule has 8 nitrogen and oxygen atoms in total. The molecule has 2 amide bonds. The van der Waals surface area contributed by atoms with Crippen LogP contribution in [0.5, 0.6) is 11.5 Å². The van der Waals surface area contributed by atoms with E-state index in [1.165, 1.54) is 4.57 Å². The van der Waals surface area contributed by atoms with Crippen molar-refractivity contribution in [3.8, 4) is 17.2 Å². The number of urea groups is 1. The molecule has 1 heterocycles. The first kappa shape index (κ1) is 26.2. The Morgan fingerprint density at radius 1 is 1.11 bits per heavy atom. The molecule has 0 aliphatic carbocycles. The van der Waals surface area contributed by atoms with Gasteiger partial charge in [-0.3, -0.25) is 9.36 Å². The first-order valence-electron chi connectivity index (χ1n) is 11.9. The minimum absolute atomic E-state index is 0.265. The Morgan fingerprint density at radius 3 is 2.46 bits per heavy atom. The Hall–Kier alpha value is -3.85. The van der Waals surface area contributed by atoms with Crippen LogP contribution in [0.25, 0.3) is 16.6 Å². The van der Waals surface area contributed by atoms with Crippen LogP contribution >= 0.6 is 15.9 Å². The number of carbonyl (C=O) groups is 1. The zero-order chi connectivity index (χ0) is 26.7. The predicted molar refractivity (Wildman–Crippen MR) is 149 cm³/mol. The van der Waals surface area contributed by atoms with E-state index in [1.54, 1.807) is 49.5 Å². The summed E-state index contributed by atoms with van der Waals surface area (Å²) in [6.45, 7) is 6.13. The van der Waals surface area contributed by atoms with E-state index in [2.05, 4.69) is 21.2 Å². The molecule has 0 saturated carbocycles. The van der Waals surface area contributed by atoms with Crippen LogP contribution in [0.4, 0.5) is 10.5 Å². The first-order chi connectivity index (χ1) is 17.8. The molecule has 0 bridgehead atoms. The van der Waals surface area contributed by atoms with Gasteiger partial charge in [-0.1, -0.05) is 29.8 Å². The molecule has 0 aliphatic rings. The number of nitrogens with one attached hydrogen (secondary N) is 1. The molecule has 1 unspecified atom stereocenters. The number of fused-ring (bicyclic) bond motifs is 1. The van der Waals surface area contributed by atoms with Crippen LogP contribution in [0.1, 0.15) is 31.3 Å². The third-order valence-corrected chi connectivity index (χ3v) is 7.03. The van der Waals surface area contributed by atoms with Crippen molar-refractivity contribution in [1.82, 2.24) is 14.5 Å². The molecule has 0 saturated heterocycles. The second-order valence-corrected chi connectivity index (χ2v) is 9.34. The SMILES string of the molecule is CCN(C(=O)Nc1ccc(C)cc1)C(C)c1nc2ccccc2c(=O)n1-c1cc(OC)cc(OC)c1Br. The number of aromatic nitrogens is 2. The van der Waals surface area contributed by atoms with Crippen LogP contribution in [0, 0.1) is 6.92 Å². The van der Waals surface area contributed by atoms with Crippen molar-refractivity contribution in [3.63, 3.8) is 0 Å². The van der Waals surface area contributed by atoms with Crippen LogP contribution in [0.15, 0.2) is 69.9 Å². The normalized spacial score (nSPS) is 11.7. The molecule has 4 rings (SSSR count). The van der Waals surface area contributed by atoms with Gasteiger partial charge in [-0.05, 0) is 61.0 Å². The van der Waals surface area contributed by atoms with Gasteiger partial charge in [0, 0.05) is 24.4 Å². The topological polar surface area (TPSA) is 85.7 Å². The summed E-state index contributed by atoms with van der Waals surface area (Å²) in [5.74, 6) is 1.41. The van der Waals surface area contributed by atoms with E-state index < -0.39 is 6.04 Å². The van der Waals surface area contributed by atoms with Gasteiger partial charge in [-0.2, -0.15) is 0 Å². The van der Waals surface area contributed by atoms with Crippen LogP contribution in [0.2, 0.25) is 0 Å². The second kappa shape index (κ2) is 11.0. The number of carbonyl (C=O) groups excluding carboxylic acids is 1. The summed E-state index contributed by atoms with van der Waals surface area (Å²) in [7, 11) is 3.09. The minimum Gasteiger partial charge on any atom is -0.497 e. The Labute approximate surface area is 224 Å². The molecular weight excluding hydrogens is 536 g/mol. The van der Waals surface area contributed by atoms with Gasteiger partial charge in [-0.15, -0.1) is 0 Å². The highest BCUT2D eigenvalue weighted by molar-refractivity contribution is 9.10. The van der Waals surface area contributed by atoms with Crippen molar-refractivity contribution in [3.05, 3.63) is 86.9 Å². The Morgan fingerprint density at radius 2 is 1.81 bits per heavy atom. The van der Waals surface area contributed by atoms with Crippen LogP contribution in [-0.4, -0.2) is 41.2 Å². The Bertz CT molecular complexity index is 1500. The fourth-order valence-corrected chi connectivity index (χ4v) is 4.78. The fraction of sp³-hybridized carbons (Fsp3) is 0.250. The van der Waals surface area contributed by atoms with Crippen molar-refractivity contribution in [1.29, 1.82) is 0 Å². The lowest BCUT2D eigenvalue weighted by Crippen LogP contribution is -2.39. The smallest absolute Gasteiger partial charge is 0.322 e. The third-order valence-electron chi connectivity index (χ3n) is 6.24. The van der Waals surface area contributed by atoms with Gasteiger partial charge in [0.15, 0.2) is 0 Å². The molecule has 0 fully saturated rings. The molecule has 4 aromatic rings. The van der Waals surface area contributed by atoms with Gasteiger partial charge >= 0.3 is 6.03 Å². The third kappa shape index (κ3) is 5.17. The maximum absolute atomic E-state index is 13.9. The van der Waals surface area contributed by atoms with Crippen molar-refractivity contribution in [2.45, 2.75) is 26.8 Å². The number of aryl methyl sites for hydroxylation is 1. The number of halogens is 1. The lowest BCUT2D eigenvalue weighted by atomic mass is 10.1. The monoisotopic (exact) mass is 564 g/mol. The molecule has 1 aromatic heterocycles. The minimum atomic E-state index is -0.558. The van der Waals surface area contributed by atoms with E-state index in [-0.39, 0.29) is 11.6 Å². The average molecular weight is 565 g/mol. The highest BCUT2D eigenvalue weighted by Crippen LogP contribution is 2.37. The van der Waals surface area contributed by atoms with Crippen molar-refractivity contribution < 1.29 is 14.3 Å². The Balaban J connectivity index is 1.89. The van der Waals surface area contributed by atoms with Crippen molar-refractivity contribution in [2.24, 2.45) is 0 Å². The molecule has 0 radical (unpaired) electrons. The number of ether oxygens (including phenoxy) is 2. The number of nitrogens with zero attached hydrogens (tertiary/aromatic N) is 3. The number of hydrogen-bond donors (Lipinski definition) is 1. The standard InChI is InChI=1S/C28H29BrN4O4/c1-6-32(28(35)30-19-13-11-17(2)12-14-19)18(3)26-31-22-10-8-7-9-21(22)27(34)33(26)23-15-20(36-4)16-24(37-5)25(23)29/h7-16,18H,6H2,1-5H3,(H,30,35). The number of benzene rings is 3. The molecular formula is C28H29BrN4O4. The maximum atomic E-state index is 13.9. The summed E-state index contributed by atoms with van der Waals surface area (Å²) >= 11 is 3.60. The summed E-state index contributed by atoms with van der Waals surface area (Å²) in [5.41, 5.74) is 2.56. The molecule has 1 atom stereocenters. The van der Waals surface area contributed by atoms with Gasteiger partial charge in [0.1, 0.15) is 17.3 Å². The number of rotatable bonds is 7. The van der Waals surface area contributed by atoms with E-state index in [1.807, 2.05) is 51.1 Å². The van der Waals surface area contributed by atoms with E-state index in [9.17, 15) is 9.59 Å². The number of anilines is 1.